The fourth-order valence-electron chi connectivity index (χ4n) is 5.09. The summed E-state index contributed by atoms with van der Waals surface area (Å²) in [6.45, 7) is 2.72. The summed E-state index contributed by atoms with van der Waals surface area (Å²) in [5, 5.41) is 0. The van der Waals surface area contributed by atoms with Crippen molar-refractivity contribution in [2.24, 2.45) is 0 Å². The van der Waals surface area contributed by atoms with Crippen LogP contribution in [-0.2, 0) is 24.1 Å². The van der Waals surface area contributed by atoms with Crippen molar-refractivity contribution in [1.29, 1.82) is 0 Å². The lowest BCUT2D eigenvalue weighted by Crippen LogP contribution is -2.47. The molecule has 39 heavy (non-hydrogen) atoms. The summed E-state index contributed by atoms with van der Waals surface area (Å²) in [6, 6.07) is 14.3. The van der Waals surface area contributed by atoms with Crippen LogP contribution in [0.5, 0.6) is 0 Å². The molecule has 0 bridgehead atoms. The molecule has 2 aromatic carbocycles. The van der Waals surface area contributed by atoms with Gasteiger partial charge in [-0.05, 0) is 73.9 Å². The summed E-state index contributed by atoms with van der Waals surface area (Å²) in [6.07, 6.45) is 2.35. The highest BCUT2D eigenvalue weighted by molar-refractivity contribution is 5.96. The summed E-state index contributed by atoms with van der Waals surface area (Å²) in [5.41, 5.74) is 1.14. The first-order valence-electron chi connectivity index (χ1n) is 13.3. The SMILES string of the molecule is CCN(CC(=O)N(Cc1cccn1Cc1ccc(F)cc1)C1CCCCC1)C(=O)c1ccc(C(F)(F)F)cc1. The highest BCUT2D eigenvalue weighted by Gasteiger charge is 2.31. The molecular weight excluding hydrogens is 510 g/mol. The molecule has 1 saturated carbocycles. The Kier molecular flexibility index (Phi) is 9.09. The Labute approximate surface area is 226 Å². The van der Waals surface area contributed by atoms with Crippen LogP contribution >= 0.6 is 0 Å². The van der Waals surface area contributed by atoms with Gasteiger partial charge in [-0.15, -0.1) is 0 Å². The summed E-state index contributed by atoms with van der Waals surface area (Å²) in [5.74, 6) is -0.978. The highest BCUT2D eigenvalue weighted by atomic mass is 19.4. The van der Waals surface area contributed by atoms with E-state index in [1.165, 1.54) is 17.0 Å². The van der Waals surface area contributed by atoms with Gasteiger partial charge in [0.1, 0.15) is 12.4 Å². The molecule has 0 N–H and O–H groups in total. The van der Waals surface area contributed by atoms with Crippen molar-refractivity contribution in [1.82, 2.24) is 14.4 Å². The number of hydrogen-bond acceptors (Lipinski definition) is 2. The largest absolute Gasteiger partial charge is 0.416 e. The number of hydrogen-bond donors (Lipinski definition) is 0. The molecule has 0 aliphatic heterocycles. The number of carbonyl (C=O) groups is 2. The number of rotatable bonds is 9. The number of alkyl halides is 3. The van der Waals surface area contributed by atoms with Crippen LogP contribution in [0, 0.1) is 5.82 Å². The number of aromatic nitrogens is 1. The van der Waals surface area contributed by atoms with Crippen molar-refractivity contribution in [3.63, 3.8) is 0 Å². The molecule has 208 valence electrons. The summed E-state index contributed by atoms with van der Waals surface area (Å²) in [7, 11) is 0. The third-order valence-electron chi connectivity index (χ3n) is 7.31. The van der Waals surface area contributed by atoms with Gasteiger partial charge in [0, 0.05) is 36.6 Å². The molecule has 1 fully saturated rings. The fraction of sp³-hybridized carbons (Fsp3) is 0.400. The van der Waals surface area contributed by atoms with E-state index >= 15 is 0 Å². The molecule has 3 aromatic rings. The van der Waals surface area contributed by atoms with Crippen LogP contribution in [0.15, 0.2) is 66.9 Å². The molecular formula is C30H33F4N3O2. The van der Waals surface area contributed by atoms with Crippen LogP contribution in [0.25, 0.3) is 0 Å². The van der Waals surface area contributed by atoms with E-state index in [1.54, 1.807) is 19.1 Å². The average Bonchev–Trinajstić information content (AvgIpc) is 3.37. The minimum atomic E-state index is -4.49. The Morgan fingerprint density at radius 2 is 1.62 bits per heavy atom. The number of benzene rings is 2. The predicted octanol–water partition coefficient (Wildman–Crippen LogP) is 6.52. The summed E-state index contributed by atoms with van der Waals surface area (Å²) >= 11 is 0. The van der Waals surface area contributed by atoms with Gasteiger partial charge in [0.15, 0.2) is 0 Å². The van der Waals surface area contributed by atoms with Crippen LogP contribution in [0.4, 0.5) is 17.6 Å². The van der Waals surface area contributed by atoms with Crippen molar-refractivity contribution >= 4 is 11.8 Å². The number of likely N-dealkylation sites (N-methyl/N-ethyl adjacent to an activating group) is 1. The first-order chi connectivity index (χ1) is 18.7. The Morgan fingerprint density at radius 1 is 0.949 bits per heavy atom. The van der Waals surface area contributed by atoms with Gasteiger partial charge < -0.3 is 14.4 Å². The van der Waals surface area contributed by atoms with E-state index in [0.29, 0.717) is 13.1 Å². The fourth-order valence-corrected chi connectivity index (χ4v) is 5.09. The predicted molar refractivity (Wildman–Crippen MR) is 140 cm³/mol. The zero-order valence-electron chi connectivity index (χ0n) is 22.0. The number of nitrogens with zero attached hydrogens (tertiary/aromatic N) is 3. The molecule has 1 aliphatic rings. The lowest BCUT2D eigenvalue weighted by atomic mass is 9.94. The highest BCUT2D eigenvalue weighted by Crippen LogP contribution is 2.29. The van der Waals surface area contributed by atoms with Gasteiger partial charge in [0.05, 0.1) is 12.1 Å². The van der Waals surface area contributed by atoms with E-state index in [-0.39, 0.29) is 36.4 Å². The van der Waals surface area contributed by atoms with Gasteiger partial charge in [-0.2, -0.15) is 13.2 Å². The molecule has 0 unspecified atom stereocenters. The van der Waals surface area contributed by atoms with Gasteiger partial charge in [0.2, 0.25) is 5.91 Å². The third kappa shape index (κ3) is 7.28. The maximum absolute atomic E-state index is 13.7. The van der Waals surface area contributed by atoms with E-state index in [4.69, 9.17) is 0 Å². The Balaban J connectivity index is 1.51. The lowest BCUT2D eigenvalue weighted by molar-refractivity contribution is -0.137. The van der Waals surface area contributed by atoms with Gasteiger partial charge >= 0.3 is 6.18 Å². The molecule has 0 atom stereocenters. The van der Waals surface area contributed by atoms with E-state index in [0.717, 1.165) is 67.6 Å². The van der Waals surface area contributed by atoms with Crippen LogP contribution in [0.2, 0.25) is 0 Å². The zero-order valence-corrected chi connectivity index (χ0v) is 22.0. The molecule has 4 rings (SSSR count). The van der Waals surface area contributed by atoms with Crippen molar-refractivity contribution in [2.75, 3.05) is 13.1 Å². The minimum absolute atomic E-state index is 0.0419. The Morgan fingerprint density at radius 3 is 2.23 bits per heavy atom. The molecule has 0 spiro atoms. The normalized spacial score (nSPS) is 14.3. The molecule has 0 radical (unpaired) electrons. The second-order valence-corrected chi connectivity index (χ2v) is 9.96. The molecule has 1 aliphatic carbocycles. The smallest absolute Gasteiger partial charge is 0.345 e. The first-order valence-corrected chi connectivity index (χ1v) is 13.3. The minimum Gasteiger partial charge on any atom is -0.345 e. The van der Waals surface area contributed by atoms with E-state index in [1.807, 2.05) is 27.8 Å². The van der Waals surface area contributed by atoms with Crippen LogP contribution < -0.4 is 0 Å². The monoisotopic (exact) mass is 543 g/mol. The standard InChI is InChI=1S/C30H33F4N3O2/c1-2-35(29(39)23-12-14-24(15-13-23)30(32,33)34)21-28(38)37(26-7-4-3-5-8-26)20-27-9-6-18-36(27)19-22-10-16-25(31)17-11-22/h6,9-18,26H,2-5,7-8,19-21H2,1H3. The maximum atomic E-state index is 13.7. The van der Waals surface area contributed by atoms with Crippen LogP contribution in [-0.4, -0.2) is 45.3 Å². The number of carbonyl (C=O) groups excluding carboxylic acids is 2. The van der Waals surface area contributed by atoms with Crippen molar-refractivity contribution in [2.45, 2.75) is 64.3 Å². The molecule has 0 saturated heterocycles. The number of halogens is 4. The molecule has 9 heteroatoms. The molecule has 1 heterocycles. The van der Waals surface area contributed by atoms with E-state index in [9.17, 15) is 27.2 Å². The van der Waals surface area contributed by atoms with Crippen molar-refractivity contribution < 1.29 is 27.2 Å². The average molecular weight is 544 g/mol. The van der Waals surface area contributed by atoms with Crippen molar-refractivity contribution in [3.8, 4) is 0 Å². The Bertz CT molecular complexity index is 1250. The summed E-state index contributed by atoms with van der Waals surface area (Å²) < 4.78 is 54.2. The van der Waals surface area contributed by atoms with Gasteiger partial charge in [-0.3, -0.25) is 9.59 Å². The van der Waals surface area contributed by atoms with E-state index < -0.39 is 17.6 Å². The van der Waals surface area contributed by atoms with Crippen LogP contribution in [0.3, 0.4) is 0 Å². The first kappa shape index (κ1) is 28.4. The molecule has 1 aromatic heterocycles. The van der Waals surface area contributed by atoms with E-state index in [2.05, 4.69) is 0 Å². The second kappa shape index (κ2) is 12.5. The zero-order chi connectivity index (χ0) is 28.0. The second-order valence-electron chi connectivity index (χ2n) is 9.96. The van der Waals surface area contributed by atoms with Gasteiger partial charge in [-0.25, -0.2) is 4.39 Å². The lowest BCUT2D eigenvalue weighted by Gasteiger charge is -2.36. The van der Waals surface area contributed by atoms with Crippen molar-refractivity contribution in [3.05, 3.63) is 95.1 Å². The topological polar surface area (TPSA) is 45.6 Å². The number of amides is 2. The quantitative estimate of drug-likeness (QED) is 0.289. The van der Waals surface area contributed by atoms with Gasteiger partial charge in [-0.1, -0.05) is 31.4 Å². The Hall–Kier alpha value is -3.62. The van der Waals surface area contributed by atoms with Crippen LogP contribution in [0.1, 0.15) is 66.2 Å². The molecule has 5 nitrogen and oxygen atoms in total. The maximum Gasteiger partial charge on any atom is 0.416 e. The summed E-state index contributed by atoms with van der Waals surface area (Å²) in [4.78, 5) is 30.0. The third-order valence-corrected chi connectivity index (χ3v) is 7.31. The van der Waals surface area contributed by atoms with Gasteiger partial charge in [0.25, 0.3) is 5.91 Å². The molecule has 2 amide bonds.